The van der Waals surface area contributed by atoms with Crippen LogP contribution in [0.25, 0.3) is 0 Å². The van der Waals surface area contributed by atoms with Crippen LogP contribution in [0.3, 0.4) is 0 Å². The van der Waals surface area contributed by atoms with Crippen molar-refractivity contribution in [3.05, 3.63) is 66.1 Å². The molecule has 2 saturated carbocycles. The normalized spacial score (nSPS) is 24.2. The number of fused-ring (bicyclic) bond motifs is 2. The Morgan fingerprint density at radius 2 is 1.94 bits per heavy atom. The molecule has 3 heterocycles. The molecule has 0 spiro atoms. The number of benzene rings is 1. The number of hydrogen-bond acceptors (Lipinski definition) is 8. The van der Waals surface area contributed by atoms with Crippen molar-refractivity contribution in [1.82, 2.24) is 30.0 Å². The van der Waals surface area contributed by atoms with Crippen LogP contribution in [-0.2, 0) is 16.1 Å². The van der Waals surface area contributed by atoms with Crippen LogP contribution in [0.4, 0.5) is 23.1 Å². The number of piperidine rings is 1. The van der Waals surface area contributed by atoms with Gasteiger partial charge in [-0.15, -0.1) is 0 Å². The molecule has 11 nitrogen and oxygen atoms in total. The molecular formula is C36H48ClN9O2. The first-order valence-corrected chi connectivity index (χ1v) is 17.7. The van der Waals surface area contributed by atoms with E-state index in [1.807, 2.05) is 35.1 Å². The van der Waals surface area contributed by atoms with E-state index in [-0.39, 0.29) is 11.8 Å². The molecule has 0 radical (unpaired) electrons. The molecule has 1 aliphatic heterocycles. The molecule has 2 bridgehead atoms. The summed E-state index contributed by atoms with van der Waals surface area (Å²) in [5.41, 5.74) is 2.43. The SMILES string of the molecule is C=CC(=O)Nc1cccc(CNc2nc(Nc3cnn(C4CCN(CCNC(=O)CC5[C@@H]6CC[C@H](C[C@@H]5C)C6C)CC4)c3)ncc2Cl)c1. The molecule has 5 atom stereocenters. The monoisotopic (exact) mass is 673 g/mol. The third-order valence-electron chi connectivity index (χ3n) is 10.8. The average Bonchev–Trinajstić information content (AvgIpc) is 3.65. The van der Waals surface area contributed by atoms with Crippen LogP contribution in [-0.4, -0.2) is 62.6 Å². The molecule has 3 fully saturated rings. The second kappa shape index (κ2) is 15.5. The van der Waals surface area contributed by atoms with Gasteiger partial charge in [-0.2, -0.15) is 10.1 Å². The molecule has 3 aromatic rings. The van der Waals surface area contributed by atoms with Crippen LogP contribution >= 0.6 is 11.6 Å². The first kappa shape index (κ1) is 33.9. The fraction of sp³-hybridized carbons (Fsp3) is 0.528. The van der Waals surface area contributed by atoms with Gasteiger partial charge in [0.15, 0.2) is 5.82 Å². The van der Waals surface area contributed by atoms with Crippen LogP contribution in [0.2, 0.25) is 5.02 Å². The third-order valence-corrected chi connectivity index (χ3v) is 11.1. The molecule has 2 aliphatic carbocycles. The molecule has 2 aromatic heterocycles. The van der Waals surface area contributed by atoms with Crippen molar-refractivity contribution < 1.29 is 9.59 Å². The molecule has 256 valence electrons. The van der Waals surface area contributed by atoms with Crippen molar-refractivity contribution in [2.24, 2.45) is 29.6 Å². The summed E-state index contributed by atoms with van der Waals surface area (Å²) >= 11 is 6.39. The Hall–Kier alpha value is -3.96. The predicted molar refractivity (Wildman–Crippen MR) is 190 cm³/mol. The van der Waals surface area contributed by atoms with E-state index in [9.17, 15) is 9.59 Å². The Kier molecular flexibility index (Phi) is 11.0. The number of aromatic nitrogens is 4. The van der Waals surface area contributed by atoms with E-state index in [2.05, 4.69) is 61.7 Å². The largest absolute Gasteiger partial charge is 0.365 e. The second-order valence-electron chi connectivity index (χ2n) is 13.8. The lowest BCUT2D eigenvalue weighted by Gasteiger charge is -2.39. The number of likely N-dealkylation sites (tertiary alicyclic amines) is 1. The summed E-state index contributed by atoms with van der Waals surface area (Å²) in [7, 11) is 0. The second-order valence-corrected chi connectivity index (χ2v) is 14.2. The van der Waals surface area contributed by atoms with E-state index in [1.54, 1.807) is 12.4 Å². The zero-order valence-corrected chi connectivity index (χ0v) is 28.8. The van der Waals surface area contributed by atoms with Crippen molar-refractivity contribution in [3.8, 4) is 0 Å². The Balaban J connectivity index is 0.931. The number of rotatable bonds is 13. The maximum absolute atomic E-state index is 12.8. The number of carbonyl (C=O) groups excluding carboxylic acids is 2. The zero-order chi connectivity index (χ0) is 33.6. The number of carbonyl (C=O) groups is 2. The highest BCUT2D eigenvalue weighted by molar-refractivity contribution is 6.32. The predicted octanol–water partition coefficient (Wildman–Crippen LogP) is 6.27. The lowest BCUT2D eigenvalue weighted by Crippen LogP contribution is -2.41. The average molecular weight is 674 g/mol. The first-order chi connectivity index (χ1) is 23.2. The highest BCUT2D eigenvalue weighted by Crippen LogP contribution is 2.52. The number of nitrogens with zero attached hydrogens (tertiary/aromatic N) is 5. The zero-order valence-electron chi connectivity index (χ0n) is 28.0. The molecule has 1 aromatic carbocycles. The third kappa shape index (κ3) is 8.36. The summed E-state index contributed by atoms with van der Waals surface area (Å²) in [6.07, 6.45) is 13.2. The quantitative estimate of drug-likeness (QED) is 0.156. The van der Waals surface area contributed by atoms with E-state index in [0.717, 1.165) is 61.5 Å². The maximum atomic E-state index is 12.8. The van der Waals surface area contributed by atoms with Gasteiger partial charge in [-0.3, -0.25) is 14.3 Å². The smallest absolute Gasteiger partial charge is 0.247 e. The Bertz CT molecular complexity index is 1590. The summed E-state index contributed by atoms with van der Waals surface area (Å²) in [6.45, 7) is 12.3. The standard InChI is InChI=1S/C36H48ClN9O2/c1-4-33(47)42-27-7-5-6-25(17-27)19-39-35-32(37)21-40-36(44-35)43-28-20-41-46(22-28)29-10-13-45(14-11-29)15-12-38-34(48)18-31-23(2)16-26-8-9-30(31)24(26)3/h4-7,17,20-24,26,29-31H,1,8-16,18-19H2,2-3H3,(H,38,48)(H,42,47)(H2,39,40,43,44)/t23-,24?,26+,30+,31?/m0/s1. The van der Waals surface area contributed by atoms with Gasteiger partial charge in [0.25, 0.3) is 0 Å². The van der Waals surface area contributed by atoms with Gasteiger partial charge >= 0.3 is 0 Å². The van der Waals surface area contributed by atoms with Crippen molar-refractivity contribution >= 4 is 46.6 Å². The van der Waals surface area contributed by atoms with E-state index >= 15 is 0 Å². The van der Waals surface area contributed by atoms with Gasteiger partial charge in [-0.05, 0) is 85.5 Å². The van der Waals surface area contributed by atoms with Crippen molar-refractivity contribution in [2.45, 2.75) is 65.0 Å². The summed E-state index contributed by atoms with van der Waals surface area (Å²) < 4.78 is 2.02. The van der Waals surface area contributed by atoms with Gasteiger partial charge in [0.05, 0.1) is 24.1 Å². The summed E-state index contributed by atoms with van der Waals surface area (Å²) in [6, 6.07) is 7.82. The van der Waals surface area contributed by atoms with E-state index in [1.165, 1.54) is 25.3 Å². The van der Waals surface area contributed by atoms with E-state index in [0.29, 0.717) is 59.9 Å². The Labute approximate surface area is 288 Å². The lowest BCUT2D eigenvalue weighted by atomic mass is 9.66. The molecular weight excluding hydrogens is 626 g/mol. The molecule has 6 rings (SSSR count). The lowest BCUT2D eigenvalue weighted by molar-refractivity contribution is -0.123. The number of amides is 2. The topological polar surface area (TPSA) is 129 Å². The summed E-state index contributed by atoms with van der Waals surface area (Å²) in [5.74, 6) is 4.47. The van der Waals surface area contributed by atoms with E-state index < -0.39 is 0 Å². The van der Waals surface area contributed by atoms with Gasteiger partial charge in [-0.25, -0.2) is 4.98 Å². The molecule has 4 N–H and O–H groups in total. The van der Waals surface area contributed by atoms with Crippen molar-refractivity contribution in [1.29, 1.82) is 0 Å². The van der Waals surface area contributed by atoms with Gasteiger partial charge in [0, 0.05) is 51.0 Å². The molecule has 12 heteroatoms. The van der Waals surface area contributed by atoms with Crippen LogP contribution < -0.4 is 21.3 Å². The maximum Gasteiger partial charge on any atom is 0.247 e. The molecule has 3 aliphatic rings. The Morgan fingerprint density at radius 1 is 1.10 bits per heavy atom. The highest BCUT2D eigenvalue weighted by Gasteiger charge is 2.45. The van der Waals surface area contributed by atoms with Crippen LogP contribution in [0.15, 0.2) is 55.5 Å². The van der Waals surface area contributed by atoms with Crippen LogP contribution in [0.5, 0.6) is 0 Å². The fourth-order valence-corrected chi connectivity index (χ4v) is 8.27. The molecule has 2 unspecified atom stereocenters. The van der Waals surface area contributed by atoms with Gasteiger partial charge < -0.3 is 26.2 Å². The minimum atomic E-state index is -0.263. The van der Waals surface area contributed by atoms with E-state index in [4.69, 9.17) is 11.6 Å². The molecule has 48 heavy (non-hydrogen) atoms. The minimum Gasteiger partial charge on any atom is -0.365 e. The summed E-state index contributed by atoms with van der Waals surface area (Å²) in [4.78, 5) is 35.8. The number of hydrogen-bond donors (Lipinski definition) is 4. The van der Waals surface area contributed by atoms with Gasteiger partial charge in [0.2, 0.25) is 17.8 Å². The Morgan fingerprint density at radius 3 is 2.75 bits per heavy atom. The number of anilines is 4. The number of halogens is 1. The van der Waals surface area contributed by atoms with Crippen molar-refractivity contribution in [3.63, 3.8) is 0 Å². The van der Waals surface area contributed by atoms with Crippen LogP contribution in [0.1, 0.15) is 64.0 Å². The summed E-state index contributed by atoms with van der Waals surface area (Å²) in [5, 5.41) is 17.5. The minimum absolute atomic E-state index is 0.226. The molecule has 2 amide bonds. The van der Waals surface area contributed by atoms with Crippen molar-refractivity contribution in [2.75, 3.05) is 42.1 Å². The highest BCUT2D eigenvalue weighted by atomic mass is 35.5. The van der Waals surface area contributed by atoms with Gasteiger partial charge in [-0.1, -0.05) is 44.2 Å². The fourth-order valence-electron chi connectivity index (χ4n) is 8.11. The molecule has 1 saturated heterocycles. The number of nitrogens with one attached hydrogen (secondary N) is 4. The first-order valence-electron chi connectivity index (χ1n) is 17.3. The van der Waals surface area contributed by atoms with Crippen LogP contribution in [0, 0.1) is 29.6 Å². The van der Waals surface area contributed by atoms with Gasteiger partial charge in [0.1, 0.15) is 5.02 Å².